The molecule has 1 aromatic carbocycles. The lowest BCUT2D eigenvalue weighted by Crippen LogP contribution is -2.23. The van der Waals surface area contributed by atoms with Gasteiger partial charge in [-0.05, 0) is 24.1 Å². The zero-order chi connectivity index (χ0) is 9.26. The molecular weight excluding hydrogens is 186 g/mol. The Labute approximate surface area is 82.6 Å². The zero-order valence-electron chi connectivity index (χ0n) is 7.24. The minimum Gasteiger partial charge on any atom is -0.372 e. The molecule has 13 heavy (non-hydrogen) atoms. The highest BCUT2D eigenvalue weighted by atomic mass is 35.5. The standard InChI is InChI=1S/C10H12ClNO/c11-8-3-1-7(2-4-8)10-9(12)5-6-13-10/h1-4,9-10H,5-6,12H2. The maximum atomic E-state index is 5.89. The average molecular weight is 198 g/mol. The first kappa shape index (κ1) is 9.00. The molecule has 0 saturated carbocycles. The Morgan fingerprint density at radius 3 is 2.54 bits per heavy atom. The van der Waals surface area contributed by atoms with E-state index in [-0.39, 0.29) is 12.1 Å². The van der Waals surface area contributed by atoms with Gasteiger partial charge in [-0.3, -0.25) is 0 Å². The molecule has 0 aliphatic carbocycles. The van der Waals surface area contributed by atoms with Crippen molar-refractivity contribution >= 4 is 11.6 Å². The molecule has 0 aromatic heterocycles. The summed E-state index contributed by atoms with van der Waals surface area (Å²) in [6, 6.07) is 7.80. The number of halogens is 1. The van der Waals surface area contributed by atoms with Gasteiger partial charge < -0.3 is 10.5 Å². The second-order valence-corrected chi connectivity index (χ2v) is 3.73. The van der Waals surface area contributed by atoms with E-state index >= 15 is 0 Å². The molecule has 0 spiro atoms. The first-order chi connectivity index (χ1) is 6.27. The van der Waals surface area contributed by atoms with E-state index in [0.29, 0.717) is 0 Å². The molecule has 2 nitrogen and oxygen atoms in total. The van der Waals surface area contributed by atoms with E-state index in [1.165, 1.54) is 0 Å². The van der Waals surface area contributed by atoms with Crippen molar-refractivity contribution in [3.63, 3.8) is 0 Å². The van der Waals surface area contributed by atoms with Crippen LogP contribution in [0.15, 0.2) is 24.3 Å². The Hall–Kier alpha value is -0.570. The summed E-state index contributed by atoms with van der Waals surface area (Å²) in [4.78, 5) is 0. The van der Waals surface area contributed by atoms with Crippen molar-refractivity contribution in [2.75, 3.05) is 6.61 Å². The van der Waals surface area contributed by atoms with Crippen LogP contribution in [0, 0.1) is 0 Å². The topological polar surface area (TPSA) is 35.2 Å². The van der Waals surface area contributed by atoms with Crippen molar-refractivity contribution < 1.29 is 4.74 Å². The van der Waals surface area contributed by atoms with Gasteiger partial charge in [0.25, 0.3) is 0 Å². The van der Waals surface area contributed by atoms with Crippen LogP contribution in [0.3, 0.4) is 0 Å². The van der Waals surface area contributed by atoms with E-state index in [1.807, 2.05) is 24.3 Å². The lowest BCUT2D eigenvalue weighted by Gasteiger charge is -2.14. The predicted octanol–water partition coefficient (Wildman–Crippen LogP) is 2.13. The van der Waals surface area contributed by atoms with Crippen LogP contribution in [0.1, 0.15) is 18.1 Å². The second kappa shape index (κ2) is 3.66. The molecule has 2 atom stereocenters. The largest absolute Gasteiger partial charge is 0.372 e. The number of hydrogen-bond donors (Lipinski definition) is 1. The van der Waals surface area contributed by atoms with Crippen molar-refractivity contribution in [3.05, 3.63) is 34.9 Å². The Morgan fingerprint density at radius 1 is 1.31 bits per heavy atom. The van der Waals surface area contributed by atoms with E-state index in [0.717, 1.165) is 23.6 Å². The Bertz CT molecular complexity index is 285. The predicted molar refractivity (Wildman–Crippen MR) is 52.7 cm³/mol. The minimum absolute atomic E-state index is 0.0530. The normalized spacial score (nSPS) is 27.8. The van der Waals surface area contributed by atoms with E-state index in [9.17, 15) is 0 Å². The van der Waals surface area contributed by atoms with Crippen molar-refractivity contribution in [1.29, 1.82) is 0 Å². The van der Waals surface area contributed by atoms with Gasteiger partial charge in [-0.1, -0.05) is 23.7 Å². The number of ether oxygens (including phenoxy) is 1. The number of benzene rings is 1. The smallest absolute Gasteiger partial charge is 0.0976 e. The van der Waals surface area contributed by atoms with Gasteiger partial charge in [-0.25, -0.2) is 0 Å². The molecule has 1 aliphatic heterocycles. The molecule has 70 valence electrons. The van der Waals surface area contributed by atoms with Crippen molar-refractivity contribution in [3.8, 4) is 0 Å². The highest BCUT2D eigenvalue weighted by Crippen LogP contribution is 2.28. The molecule has 2 unspecified atom stereocenters. The van der Waals surface area contributed by atoms with E-state index in [4.69, 9.17) is 22.1 Å². The monoisotopic (exact) mass is 197 g/mol. The fourth-order valence-electron chi connectivity index (χ4n) is 1.60. The van der Waals surface area contributed by atoms with Gasteiger partial charge in [0.2, 0.25) is 0 Å². The summed E-state index contributed by atoms with van der Waals surface area (Å²) in [6.07, 6.45) is 0.991. The van der Waals surface area contributed by atoms with Gasteiger partial charge in [-0.15, -0.1) is 0 Å². The molecule has 0 amide bonds. The third-order valence-corrected chi connectivity index (χ3v) is 2.59. The van der Waals surface area contributed by atoms with Gasteiger partial charge in [-0.2, -0.15) is 0 Å². The first-order valence-corrected chi connectivity index (χ1v) is 4.78. The molecular formula is C10H12ClNO. The quantitative estimate of drug-likeness (QED) is 0.749. The molecule has 3 heteroatoms. The van der Waals surface area contributed by atoms with Crippen LogP contribution in [0.4, 0.5) is 0 Å². The first-order valence-electron chi connectivity index (χ1n) is 4.40. The van der Waals surface area contributed by atoms with Crippen LogP contribution >= 0.6 is 11.6 Å². The molecule has 1 aliphatic rings. The highest BCUT2D eigenvalue weighted by Gasteiger charge is 2.25. The summed E-state index contributed by atoms with van der Waals surface area (Å²) in [5.41, 5.74) is 7.01. The van der Waals surface area contributed by atoms with E-state index in [2.05, 4.69) is 0 Å². The van der Waals surface area contributed by atoms with Crippen LogP contribution in [0.25, 0.3) is 0 Å². The van der Waals surface area contributed by atoms with E-state index < -0.39 is 0 Å². The van der Waals surface area contributed by atoms with Crippen LogP contribution in [-0.2, 0) is 4.74 Å². The Morgan fingerprint density at radius 2 is 2.00 bits per heavy atom. The van der Waals surface area contributed by atoms with Crippen LogP contribution in [0.2, 0.25) is 5.02 Å². The zero-order valence-corrected chi connectivity index (χ0v) is 8.00. The molecule has 0 bridgehead atoms. The summed E-state index contributed by atoms with van der Waals surface area (Å²) in [5, 5.41) is 0.746. The van der Waals surface area contributed by atoms with Gasteiger partial charge in [0.15, 0.2) is 0 Å². The molecule has 0 radical (unpaired) electrons. The second-order valence-electron chi connectivity index (χ2n) is 3.30. The summed E-state index contributed by atoms with van der Waals surface area (Å²) >= 11 is 5.78. The molecule has 2 N–H and O–H groups in total. The summed E-state index contributed by atoms with van der Waals surface area (Å²) < 4.78 is 5.52. The summed E-state index contributed by atoms with van der Waals surface area (Å²) in [6.45, 7) is 0.758. The lowest BCUT2D eigenvalue weighted by atomic mass is 10.0. The Balaban J connectivity index is 2.20. The van der Waals surface area contributed by atoms with Gasteiger partial charge in [0.05, 0.1) is 6.10 Å². The van der Waals surface area contributed by atoms with Crippen LogP contribution in [0.5, 0.6) is 0 Å². The van der Waals surface area contributed by atoms with Crippen molar-refractivity contribution in [2.24, 2.45) is 5.73 Å². The lowest BCUT2D eigenvalue weighted by molar-refractivity contribution is 0.105. The molecule has 1 saturated heterocycles. The summed E-state index contributed by atoms with van der Waals surface area (Å²) in [7, 11) is 0. The SMILES string of the molecule is NC1CCOC1c1ccc(Cl)cc1. The third-order valence-electron chi connectivity index (χ3n) is 2.34. The maximum absolute atomic E-state index is 5.89. The molecule has 1 heterocycles. The molecule has 1 fully saturated rings. The van der Waals surface area contributed by atoms with Crippen LogP contribution in [-0.4, -0.2) is 12.6 Å². The fraction of sp³-hybridized carbons (Fsp3) is 0.400. The van der Waals surface area contributed by atoms with Crippen molar-refractivity contribution in [2.45, 2.75) is 18.6 Å². The fourth-order valence-corrected chi connectivity index (χ4v) is 1.73. The third kappa shape index (κ3) is 1.85. The minimum atomic E-state index is 0.0530. The molecule has 1 aromatic rings. The van der Waals surface area contributed by atoms with Gasteiger partial charge in [0, 0.05) is 17.7 Å². The maximum Gasteiger partial charge on any atom is 0.0976 e. The Kier molecular flexibility index (Phi) is 2.54. The highest BCUT2D eigenvalue weighted by molar-refractivity contribution is 6.30. The van der Waals surface area contributed by atoms with Crippen molar-refractivity contribution in [1.82, 2.24) is 0 Å². The summed E-state index contributed by atoms with van der Waals surface area (Å²) in [5.74, 6) is 0. The number of hydrogen-bond acceptors (Lipinski definition) is 2. The van der Waals surface area contributed by atoms with Gasteiger partial charge in [0.1, 0.15) is 0 Å². The average Bonchev–Trinajstić information content (AvgIpc) is 2.53. The van der Waals surface area contributed by atoms with Gasteiger partial charge >= 0.3 is 0 Å². The number of nitrogens with two attached hydrogens (primary N) is 1. The number of rotatable bonds is 1. The molecule has 2 rings (SSSR count). The van der Waals surface area contributed by atoms with E-state index in [1.54, 1.807) is 0 Å². The van der Waals surface area contributed by atoms with Crippen LogP contribution < -0.4 is 5.73 Å².